The summed E-state index contributed by atoms with van der Waals surface area (Å²) in [5, 5.41) is 0. The Morgan fingerprint density at radius 1 is 1.47 bits per heavy atom. The normalized spacial score (nSPS) is 30.1. The van der Waals surface area contributed by atoms with Gasteiger partial charge in [-0.05, 0) is 25.2 Å². The molecule has 2 aliphatic rings. The average Bonchev–Trinajstić information content (AvgIpc) is 2.93. The fourth-order valence-electron chi connectivity index (χ4n) is 1.89. The monoisotopic (exact) mass is 214 g/mol. The molecule has 15 heavy (non-hydrogen) atoms. The number of carbonyl (C=O) groups is 1. The third-order valence-electron chi connectivity index (χ3n) is 3.21. The van der Waals surface area contributed by atoms with Crippen molar-refractivity contribution in [1.29, 1.82) is 0 Å². The van der Waals surface area contributed by atoms with Gasteiger partial charge in [-0.3, -0.25) is 4.79 Å². The summed E-state index contributed by atoms with van der Waals surface area (Å²) in [5.41, 5.74) is 10.3. The van der Waals surface area contributed by atoms with Crippen molar-refractivity contribution in [2.75, 3.05) is 19.8 Å². The summed E-state index contributed by atoms with van der Waals surface area (Å²) in [4.78, 5) is 11.3. The molecule has 5 heteroatoms. The van der Waals surface area contributed by atoms with Crippen LogP contribution >= 0.6 is 0 Å². The van der Waals surface area contributed by atoms with E-state index in [1.54, 1.807) is 0 Å². The highest BCUT2D eigenvalue weighted by Crippen LogP contribution is 2.38. The lowest BCUT2D eigenvalue weighted by molar-refractivity contribution is -0.127. The van der Waals surface area contributed by atoms with Crippen LogP contribution in [0.1, 0.15) is 19.3 Å². The van der Waals surface area contributed by atoms with Gasteiger partial charge in [-0.2, -0.15) is 0 Å². The molecule has 1 saturated heterocycles. The molecule has 0 aromatic rings. The molecule has 2 rings (SSSR count). The average molecular weight is 214 g/mol. The topological polar surface area (TPSA) is 87.6 Å². The van der Waals surface area contributed by atoms with Crippen LogP contribution in [0.4, 0.5) is 0 Å². The summed E-state index contributed by atoms with van der Waals surface area (Å²) in [6.07, 6.45) is 2.90. The molecule has 4 N–H and O–H groups in total. The summed E-state index contributed by atoms with van der Waals surface area (Å²) in [5.74, 6) is -0.249. The highest BCUT2D eigenvalue weighted by Gasteiger charge is 2.47. The minimum atomic E-state index is -0.970. The van der Waals surface area contributed by atoms with Gasteiger partial charge in [0.15, 0.2) is 0 Å². The summed E-state index contributed by atoms with van der Waals surface area (Å²) < 4.78 is 10.8. The van der Waals surface area contributed by atoms with Gasteiger partial charge in [0.25, 0.3) is 0 Å². The summed E-state index contributed by atoms with van der Waals surface area (Å²) in [7, 11) is 0. The van der Waals surface area contributed by atoms with E-state index in [1.807, 2.05) is 0 Å². The van der Waals surface area contributed by atoms with Crippen molar-refractivity contribution in [2.24, 2.45) is 17.4 Å². The molecule has 1 aliphatic carbocycles. The predicted octanol–water partition coefficient (Wildman–Crippen LogP) is -0.615. The molecule has 0 spiro atoms. The highest BCUT2D eigenvalue weighted by atomic mass is 16.5. The Hall–Kier alpha value is -0.650. The molecule has 5 nitrogen and oxygen atoms in total. The summed E-state index contributed by atoms with van der Waals surface area (Å²) >= 11 is 0. The first-order chi connectivity index (χ1) is 7.13. The molecule has 1 heterocycles. The van der Waals surface area contributed by atoms with E-state index < -0.39 is 11.4 Å². The van der Waals surface area contributed by atoms with Crippen LogP contribution in [0.2, 0.25) is 0 Å². The van der Waals surface area contributed by atoms with Gasteiger partial charge in [0.05, 0.1) is 19.3 Å². The Labute approximate surface area is 89.1 Å². The number of rotatable bonds is 5. The van der Waals surface area contributed by atoms with Gasteiger partial charge in [0, 0.05) is 6.61 Å². The Kier molecular flexibility index (Phi) is 2.95. The molecule has 1 saturated carbocycles. The van der Waals surface area contributed by atoms with Gasteiger partial charge in [0.1, 0.15) is 5.54 Å². The van der Waals surface area contributed by atoms with Gasteiger partial charge in [-0.25, -0.2) is 0 Å². The zero-order chi connectivity index (χ0) is 10.9. The largest absolute Gasteiger partial charge is 0.379 e. The smallest absolute Gasteiger partial charge is 0.240 e. The maximum Gasteiger partial charge on any atom is 0.240 e. The van der Waals surface area contributed by atoms with Crippen molar-refractivity contribution in [3.8, 4) is 0 Å². The Morgan fingerprint density at radius 2 is 2.20 bits per heavy atom. The van der Waals surface area contributed by atoms with Crippen LogP contribution in [0.25, 0.3) is 0 Å². The van der Waals surface area contributed by atoms with E-state index in [0.717, 1.165) is 25.9 Å². The molecule has 86 valence electrons. The van der Waals surface area contributed by atoms with E-state index in [9.17, 15) is 4.79 Å². The summed E-state index contributed by atoms with van der Waals surface area (Å²) in [6.45, 7) is 1.54. The van der Waals surface area contributed by atoms with Crippen molar-refractivity contribution >= 4 is 5.91 Å². The quantitative estimate of drug-likeness (QED) is 0.638. The minimum Gasteiger partial charge on any atom is -0.379 e. The number of hydrogen-bond acceptors (Lipinski definition) is 4. The third kappa shape index (κ3) is 2.30. The standard InChI is InChI=1S/C10H18N2O3/c11-9(13)10(12,7-1-2-7)6-15-8-3-4-14-5-8/h7-8H,1-6,12H2,(H2,11,13). The zero-order valence-corrected chi connectivity index (χ0v) is 8.78. The van der Waals surface area contributed by atoms with Gasteiger partial charge >= 0.3 is 0 Å². The lowest BCUT2D eigenvalue weighted by Crippen LogP contribution is -2.57. The number of amides is 1. The Morgan fingerprint density at radius 3 is 2.67 bits per heavy atom. The van der Waals surface area contributed by atoms with E-state index in [4.69, 9.17) is 20.9 Å². The Bertz CT molecular complexity index is 249. The van der Waals surface area contributed by atoms with Gasteiger partial charge in [-0.15, -0.1) is 0 Å². The predicted molar refractivity (Wildman–Crippen MR) is 54.0 cm³/mol. The number of ether oxygens (including phenoxy) is 2. The molecule has 2 unspecified atom stereocenters. The fraction of sp³-hybridized carbons (Fsp3) is 0.900. The summed E-state index contributed by atoms with van der Waals surface area (Å²) in [6, 6.07) is 0. The second kappa shape index (κ2) is 4.08. The molecule has 0 radical (unpaired) electrons. The molecular formula is C10H18N2O3. The molecule has 2 fully saturated rings. The van der Waals surface area contributed by atoms with E-state index in [-0.39, 0.29) is 18.6 Å². The van der Waals surface area contributed by atoms with Crippen LogP contribution in [-0.4, -0.2) is 37.4 Å². The van der Waals surface area contributed by atoms with Crippen LogP contribution in [0.15, 0.2) is 0 Å². The second-order valence-electron chi connectivity index (χ2n) is 4.48. The van der Waals surface area contributed by atoms with Crippen molar-refractivity contribution in [3.63, 3.8) is 0 Å². The number of primary amides is 1. The van der Waals surface area contributed by atoms with Crippen LogP contribution in [-0.2, 0) is 14.3 Å². The highest BCUT2D eigenvalue weighted by molar-refractivity contribution is 5.85. The van der Waals surface area contributed by atoms with E-state index >= 15 is 0 Å². The molecule has 1 amide bonds. The molecule has 2 atom stereocenters. The second-order valence-corrected chi connectivity index (χ2v) is 4.48. The molecule has 0 bridgehead atoms. The molecule has 0 aromatic heterocycles. The van der Waals surface area contributed by atoms with Crippen molar-refractivity contribution in [2.45, 2.75) is 30.9 Å². The van der Waals surface area contributed by atoms with E-state index in [0.29, 0.717) is 6.61 Å². The maximum absolute atomic E-state index is 11.3. The Balaban J connectivity index is 1.86. The minimum absolute atomic E-state index is 0.0750. The number of carbonyl (C=O) groups excluding carboxylic acids is 1. The number of hydrogen-bond donors (Lipinski definition) is 2. The number of nitrogens with two attached hydrogens (primary N) is 2. The maximum atomic E-state index is 11.3. The van der Waals surface area contributed by atoms with Crippen LogP contribution in [0, 0.1) is 5.92 Å². The third-order valence-corrected chi connectivity index (χ3v) is 3.21. The van der Waals surface area contributed by atoms with Crippen LogP contribution < -0.4 is 11.5 Å². The van der Waals surface area contributed by atoms with Crippen molar-refractivity contribution in [1.82, 2.24) is 0 Å². The first kappa shape index (κ1) is 10.9. The molecular weight excluding hydrogens is 196 g/mol. The first-order valence-corrected chi connectivity index (χ1v) is 5.41. The zero-order valence-electron chi connectivity index (χ0n) is 8.78. The lowest BCUT2D eigenvalue weighted by atomic mass is 9.95. The van der Waals surface area contributed by atoms with Crippen LogP contribution in [0.5, 0.6) is 0 Å². The SMILES string of the molecule is NC(=O)C(N)(COC1CCOC1)C1CC1. The van der Waals surface area contributed by atoms with E-state index in [2.05, 4.69) is 0 Å². The van der Waals surface area contributed by atoms with Crippen molar-refractivity contribution < 1.29 is 14.3 Å². The van der Waals surface area contributed by atoms with Gasteiger partial charge in [0.2, 0.25) is 5.91 Å². The van der Waals surface area contributed by atoms with E-state index in [1.165, 1.54) is 0 Å². The fourth-order valence-corrected chi connectivity index (χ4v) is 1.89. The van der Waals surface area contributed by atoms with Crippen molar-refractivity contribution in [3.05, 3.63) is 0 Å². The molecule has 0 aromatic carbocycles. The van der Waals surface area contributed by atoms with Crippen LogP contribution in [0.3, 0.4) is 0 Å². The van der Waals surface area contributed by atoms with Gasteiger partial charge < -0.3 is 20.9 Å². The lowest BCUT2D eigenvalue weighted by Gasteiger charge is -2.26. The first-order valence-electron chi connectivity index (χ1n) is 5.41. The van der Waals surface area contributed by atoms with Gasteiger partial charge in [-0.1, -0.05) is 0 Å². The molecule has 1 aliphatic heterocycles.